The fraction of sp³-hybridized carbons (Fsp3) is 0.417. The predicted octanol–water partition coefficient (Wildman–Crippen LogP) is 4.03. The molecule has 0 aromatic heterocycles. The molecule has 1 aliphatic rings. The molecule has 0 unspecified atom stereocenters. The summed E-state index contributed by atoms with van der Waals surface area (Å²) < 4.78 is 47.5. The summed E-state index contributed by atoms with van der Waals surface area (Å²) in [5, 5.41) is 5.75. The fourth-order valence-corrected chi connectivity index (χ4v) is 4.86. The van der Waals surface area contributed by atoms with E-state index in [1.807, 2.05) is 0 Å². The van der Waals surface area contributed by atoms with Crippen LogP contribution in [0.25, 0.3) is 0 Å². The minimum absolute atomic E-state index is 0.00967. The first-order chi connectivity index (χ1) is 16.9. The molecular weight excluding hydrogens is 478 g/mol. The molecule has 0 aliphatic heterocycles. The third-order valence-corrected chi connectivity index (χ3v) is 7.08. The Labute approximate surface area is 208 Å². The molecule has 1 aliphatic carbocycles. The molecule has 2 aromatic rings. The second kappa shape index (κ2) is 12.1. The molecule has 0 heterocycles. The van der Waals surface area contributed by atoms with E-state index in [-0.39, 0.29) is 28.8 Å². The van der Waals surface area contributed by atoms with E-state index in [0.717, 1.165) is 37.7 Å². The number of benzene rings is 2. The maximum Gasteiger partial charge on any atom is 0.328 e. The molecule has 184 valence electrons. The van der Waals surface area contributed by atoms with Crippen molar-refractivity contribution in [3.05, 3.63) is 58.6 Å². The Morgan fingerprint density at radius 1 is 1.12 bits per heavy atom. The molecule has 34 heavy (non-hydrogen) atoms. The lowest BCUT2D eigenvalue weighted by Crippen LogP contribution is -2.45. The Morgan fingerprint density at radius 2 is 1.82 bits per heavy atom. The highest BCUT2D eigenvalue weighted by atomic mass is 35.5. The number of urea groups is 1. The number of hydrogen-bond donors (Lipinski definition) is 3. The van der Waals surface area contributed by atoms with E-state index < -0.39 is 28.5 Å². The van der Waals surface area contributed by atoms with Gasteiger partial charge in [0, 0.05) is 17.6 Å². The minimum atomic E-state index is -4.01. The highest BCUT2D eigenvalue weighted by molar-refractivity contribution is 7.90. The Hall–Kier alpha value is -2.78. The highest BCUT2D eigenvalue weighted by Gasteiger charge is 2.21. The zero-order chi connectivity index (χ0) is 26.3. The quantitative estimate of drug-likeness (QED) is 0.472. The first-order valence-electron chi connectivity index (χ1n) is 12.1. The Balaban J connectivity index is 1.54. The van der Waals surface area contributed by atoms with Crippen LogP contribution in [0.4, 0.5) is 4.79 Å². The zero-order valence-corrected chi connectivity index (χ0v) is 20.5. The lowest BCUT2D eigenvalue weighted by molar-refractivity contribution is 0.0950. The highest BCUT2D eigenvalue weighted by Crippen LogP contribution is 2.23. The van der Waals surface area contributed by atoms with Gasteiger partial charge < -0.3 is 15.4 Å². The molecule has 10 heteroatoms. The summed E-state index contributed by atoms with van der Waals surface area (Å²) in [5.74, 6) is -0.414. The topological polar surface area (TPSA) is 114 Å². The van der Waals surface area contributed by atoms with E-state index in [1.54, 1.807) is 12.1 Å². The lowest BCUT2D eigenvalue weighted by atomic mass is 9.96. The van der Waals surface area contributed by atoms with Gasteiger partial charge in [0.05, 0.1) is 19.8 Å². The summed E-state index contributed by atoms with van der Waals surface area (Å²) in [7, 11) is -4.01. The van der Waals surface area contributed by atoms with Gasteiger partial charge in [0.1, 0.15) is 5.75 Å². The summed E-state index contributed by atoms with van der Waals surface area (Å²) in [6.07, 6.45) is 5.26. The van der Waals surface area contributed by atoms with Crippen LogP contribution in [0.2, 0.25) is 5.02 Å². The van der Waals surface area contributed by atoms with E-state index in [9.17, 15) is 18.0 Å². The summed E-state index contributed by atoms with van der Waals surface area (Å²) in [6, 6.07) is 9.62. The van der Waals surface area contributed by atoms with E-state index in [2.05, 4.69) is 15.4 Å². The van der Waals surface area contributed by atoms with Crippen molar-refractivity contribution < 1.29 is 25.5 Å². The Bertz CT molecular complexity index is 1180. The van der Waals surface area contributed by atoms with Gasteiger partial charge in [-0.2, -0.15) is 0 Å². The van der Waals surface area contributed by atoms with Crippen LogP contribution in [-0.4, -0.2) is 39.5 Å². The Kier molecular flexibility index (Phi) is 8.17. The maximum absolute atomic E-state index is 12.6. The van der Waals surface area contributed by atoms with Crippen LogP contribution in [-0.2, 0) is 16.4 Å². The average Bonchev–Trinajstić information content (AvgIpc) is 2.80. The van der Waals surface area contributed by atoms with E-state index in [0.29, 0.717) is 11.4 Å². The van der Waals surface area contributed by atoms with Gasteiger partial charge >= 0.3 is 6.03 Å². The standard InChI is InChI=1S/C24H30ClN3O5S/c1-2-33-22-13-10-18(25)16-21(22)23(29)26-15-14-17-8-11-20(12-9-17)34(31,32)28-24(30)27-19-6-4-3-5-7-19/h8-13,16,19H,2-7,14-15H2,1H3,(H,26,29)(H2,27,28,30)/i2D2. The fourth-order valence-electron chi connectivity index (χ4n) is 3.77. The number of hydrogen-bond acceptors (Lipinski definition) is 5. The number of carbonyl (C=O) groups excluding carboxylic acids is 2. The van der Waals surface area contributed by atoms with Crippen LogP contribution in [0.1, 0.15) is 57.7 Å². The van der Waals surface area contributed by atoms with Gasteiger partial charge in [0.15, 0.2) is 0 Å². The Morgan fingerprint density at radius 3 is 2.50 bits per heavy atom. The first-order valence-corrected chi connectivity index (χ1v) is 13.0. The molecule has 0 spiro atoms. The molecule has 2 aromatic carbocycles. The zero-order valence-electron chi connectivity index (χ0n) is 20.9. The van der Waals surface area contributed by atoms with Gasteiger partial charge in [-0.25, -0.2) is 17.9 Å². The summed E-state index contributed by atoms with van der Waals surface area (Å²) in [4.78, 5) is 24.7. The van der Waals surface area contributed by atoms with Crippen molar-refractivity contribution in [3.8, 4) is 5.75 Å². The lowest BCUT2D eigenvalue weighted by Gasteiger charge is -2.22. The average molecular weight is 510 g/mol. The summed E-state index contributed by atoms with van der Waals surface area (Å²) >= 11 is 5.99. The van der Waals surface area contributed by atoms with E-state index in [4.69, 9.17) is 19.1 Å². The van der Waals surface area contributed by atoms with Crippen LogP contribution in [0, 0.1) is 0 Å². The number of nitrogens with one attached hydrogen (secondary N) is 3. The van der Waals surface area contributed by atoms with Crippen molar-refractivity contribution in [2.75, 3.05) is 13.1 Å². The van der Waals surface area contributed by atoms with E-state index >= 15 is 0 Å². The van der Waals surface area contributed by atoms with Gasteiger partial charge in [0.25, 0.3) is 15.9 Å². The molecule has 1 saturated carbocycles. The third kappa shape index (κ3) is 7.36. The number of carbonyl (C=O) groups is 2. The number of ether oxygens (including phenoxy) is 1. The van der Waals surface area contributed by atoms with Crippen LogP contribution in [0.15, 0.2) is 47.4 Å². The molecule has 0 atom stereocenters. The van der Waals surface area contributed by atoms with Crippen LogP contribution in [0.5, 0.6) is 5.75 Å². The van der Waals surface area contributed by atoms with Gasteiger partial charge in [0.2, 0.25) is 0 Å². The molecule has 3 N–H and O–H groups in total. The molecule has 3 rings (SSSR count). The SMILES string of the molecule is [2H]C([2H])(C)Oc1ccc(Cl)cc1C(=O)NCCc1ccc(S(=O)(=O)NC(=O)NC2CCCCC2)cc1. The summed E-state index contributed by atoms with van der Waals surface area (Å²) in [5.41, 5.74) is 0.876. The van der Waals surface area contributed by atoms with Crippen molar-refractivity contribution >= 4 is 33.6 Å². The number of halogens is 1. The molecular formula is C24H30ClN3O5S. The minimum Gasteiger partial charge on any atom is -0.493 e. The monoisotopic (exact) mass is 509 g/mol. The largest absolute Gasteiger partial charge is 0.493 e. The first kappa shape index (κ1) is 23.0. The second-order valence-electron chi connectivity index (χ2n) is 8.01. The summed E-state index contributed by atoms with van der Waals surface area (Å²) in [6.45, 7) is -0.514. The van der Waals surface area contributed by atoms with Crippen molar-refractivity contribution in [2.24, 2.45) is 0 Å². The normalized spacial score (nSPS) is 15.6. The molecule has 1 fully saturated rings. The van der Waals surface area contributed by atoms with Gasteiger partial charge in [-0.15, -0.1) is 0 Å². The number of amides is 3. The maximum atomic E-state index is 12.6. The van der Waals surface area contributed by atoms with Gasteiger partial charge in [-0.05, 0) is 62.1 Å². The molecule has 8 nitrogen and oxygen atoms in total. The van der Waals surface area contributed by atoms with Crippen LogP contribution >= 0.6 is 11.6 Å². The second-order valence-corrected chi connectivity index (χ2v) is 10.1. The van der Waals surface area contributed by atoms with Gasteiger partial charge in [-0.1, -0.05) is 43.0 Å². The third-order valence-electron chi connectivity index (χ3n) is 5.50. The molecule has 0 saturated heterocycles. The van der Waals surface area contributed by atoms with Crippen LogP contribution in [0.3, 0.4) is 0 Å². The van der Waals surface area contributed by atoms with Gasteiger partial charge in [-0.3, -0.25) is 4.79 Å². The predicted molar refractivity (Wildman–Crippen MR) is 131 cm³/mol. The molecule has 0 radical (unpaired) electrons. The van der Waals surface area contributed by atoms with Crippen molar-refractivity contribution in [3.63, 3.8) is 0 Å². The smallest absolute Gasteiger partial charge is 0.328 e. The van der Waals surface area contributed by atoms with Crippen LogP contribution < -0.4 is 20.1 Å². The molecule has 3 amide bonds. The van der Waals surface area contributed by atoms with Crippen molar-refractivity contribution in [2.45, 2.75) is 56.4 Å². The van der Waals surface area contributed by atoms with Crippen molar-refractivity contribution in [1.82, 2.24) is 15.4 Å². The number of rotatable bonds is 9. The van der Waals surface area contributed by atoms with Crippen molar-refractivity contribution in [1.29, 1.82) is 0 Å². The number of sulfonamides is 1. The molecule has 0 bridgehead atoms. The van der Waals surface area contributed by atoms with E-state index in [1.165, 1.54) is 37.3 Å².